The van der Waals surface area contributed by atoms with Crippen LogP contribution in [0, 0.1) is 0 Å². The van der Waals surface area contributed by atoms with Gasteiger partial charge in [0.15, 0.2) is 0 Å². The Morgan fingerprint density at radius 3 is 2.95 bits per heavy atom. The predicted octanol–water partition coefficient (Wildman–Crippen LogP) is 4.12. The number of rotatable bonds is 5. The Balaban J connectivity index is 1.86. The monoisotopic (exact) mass is 314 g/mol. The van der Waals surface area contributed by atoms with Crippen LogP contribution in [0.15, 0.2) is 41.8 Å². The van der Waals surface area contributed by atoms with Gasteiger partial charge < -0.3 is 14.6 Å². The molecule has 1 N–H and O–H groups in total. The maximum atomic E-state index is 12.6. The molecule has 22 heavy (non-hydrogen) atoms. The molecule has 0 bridgehead atoms. The number of fused-ring (bicyclic) bond motifs is 1. The molecule has 0 saturated heterocycles. The first-order chi connectivity index (χ1) is 10.7. The lowest BCUT2D eigenvalue weighted by Crippen LogP contribution is -2.16. The van der Waals surface area contributed by atoms with Gasteiger partial charge in [-0.25, -0.2) is 0 Å². The highest BCUT2D eigenvalue weighted by Gasteiger charge is 2.15. The first-order valence-electron chi connectivity index (χ1n) is 7.19. The van der Waals surface area contributed by atoms with Crippen molar-refractivity contribution in [2.45, 2.75) is 20.1 Å². The maximum absolute atomic E-state index is 12.6. The molecule has 0 atom stereocenters. The fraction of sp³-hybridized carbons (Fsp3) is 0.235. The number of ether oxygens (including phenoxy) is 1. The molecule has 0 radical (unpaired) electrons. The number of amides is 1. The lowest BCUT2D eigenvalue weighted by Gasteiger charge is -2.09. The zero-order valence-corrected chi connectivity index (χ0v) is 13.4. The van der Waals surface area contributed by atoms with Crippen LogP contribution in [0.3, 0.4) is 0 Å². The van der Waals surface area contributed by atoms with Crippen LogP contribution in [0.2, 0.25) is 0 Å². The van der Waals surface area contributed by atoms with Crippen molar-refractivity contribution >= 4 is 33.1 Å². The third kappa shape index (κ3) is 2.77. The third-order valence-corrected chi connectivity index (χ3v) is 4.42. The molecule has 5 heteroatoms. The summed E-state index contributed by atoms with van der Waals surface area (Å²) in [5.74, 6) is -0.0835. The smallest absolute Gasteiger partial charge is 0.272 e. The first-order valence-corrected chi connectivity index (χ1v) is 8.07. The van der Waals surface area contributed by atoms with Gasteiger partial charge >= 0.3 is 0 Å². The first kappa shape index (κ1) is 14.8. The average Bonchev–Trinajstić information content (AvgIpc) is 3.08. The van der Waals surface area contributed by atoms with Gasteiger partial charge in [0.2, 0.25) is 0 Å². The zero-order chi connectivity index (χ0) is 15.5. The van der Waals surface area contributed by atoms with E-state index in [0.29, 0.717) is 12.3 Å². The van der Waals surface area contributed by atoms with Crippen molar-refractivity contribution in [3.63, 3.8) is 0 Å². The van der Waals surface area contributed by atoms with Crippen LogP contribution in [0.5, 0.6) is 0 Å². The minimum absolute atomic E-state index is 0.0835. The molecule has 0 aliphatic heterocycles. The van der Waals surface area contributed by atoms with Crippen molar-refractivity contribution < 1.29 is 9.53 Å². The van der Waals surface area contributed by atoms with E-state index in [-0.39, 0.29) is 5.91 Å². The van der Waals surface area contributed by atoms with E-state index in [9.17, 15) is 4.79 Å². The number of nitrogens with one attached hydrogen (secondary N) is 1. The second-order valence-electron chi connectivity index (χ2n) is 5.03. The van der Waals surface area contributed by atoms with Crippen LogP contribution in [0.4, 0.5) is 5.69 Å². The van der Waals surface area contributed by atoms with Gasteiger partial charge in [-0.05, 0) is 42.1 Å². The molecular weight excluding hydrogens is 296 g/mol. The second-order valence-corrected chi connectivity index (χ2v) is 5.98. The number of methoxy groups -OCH3 is 1. The van der Waals surface area contributed by atoms with Crippen LogP contribution in [0.1, 0.15) is 23.0 Å². The topological polar surface area (TPSA) is 43.3 Å². The summed E-state index contributed by atoms with van der Waals surface area (Å²) in [4.78, 5) is 12.6. The number of thiophene rings is 1. The predicted molar refractivity (Wildman–Crippen MR) is 90.6 cm³/mol. The van der Waals surface area contributed by atoms with Gasteiger partial charge in [-0.15, -0.1) is 11.3 Å². The average molecular weight is 314 g/mol. The molecule has 1 aromatic carbocycles. The minimum atomic E-state index is -0.0835. The molecule has 114 valence electrons. The van der Waals surface area contributed by atoms with Crippen molar-refractivity contribution in [2.75, 3.05) is 12.4 Å². The van der Waals surface area contributed by atoms with Crippen LogP contribution in [0.25, 0.3) is 10.2 Å². The van der Waals surface area contributed by atoms with E-state index < -0.39 is 0 Å². The number of aromatic nitrogens is 1. The lowest BCUT2D eigenvalue weighted by atomic mass is 10.2. The van der Waals surface area contributed by atoms with E-state index in [1.807, 2.05) is 47.2 Å². The summed E-state index contributed by atoms with van der Waals surface area (Å²) >= 11 is 1.65. The molecule has 2 heterocycles. The van der Waals surface area contributed by atoms with Crippen molar-refractivity contribution in [2.24, 2.45) is 0 Å². The number of benzene rings is 1. The van der Waals surface area contributed by atoms with Gasteiger partial charge in [-0.3, -0.25) is 4.79 Å². The largest absolute Gasteiger partial charge is 0.380 e. The number of hydrogen-bond acceptors (Lipinski definition) is 3. The van der Waals surface area contributed by atoms with Gasteiger partial charge in [-0.2, -0.15) is 0 Å². The fourth-order valence-corrected chi connectivity index (χ4v) is 3.43. The standard InChI is InChI=1S/C17H18N2O2S/c1-3-19-14-7-8-22-16(14)10-15(19)17(20)18-13-6-4-5-12(9-13)11-21-2/h4-10H,3,11H2,1-2H3,(H,18,20). The Bertz CT molecular complexity index is 804. The van der Waals surface area contributed by atoms with Crippen molar-refractivity contribution in [3.05, 3.63) is 53.0 Å². The van der Waals surface area contributed by atoms with Gasteiger partial charge in [0.25, 0.3) is 5.91 Å². The molecule has 0 fully saturated rings. The molecule has 1 amide bonds. The van der Waals surface area contributed by atoms with Crippen molar-refractivity contribution in [3.8, 4) is 0 Å². The molecule has 0 aliphatic carbocycles. The van der Waals surface area contributed by atoms with Gasteiger partial charge in [0, 0.05) is 19.3 Å². The lowest BCUT2D eigenvalue weighted by molar-refractivity contribution is 0.101. The summed E-state index contributed by atoms with van der Waals surface area (Å²) in [6.07, 6.45) is 0. The van der Waals surface area contributed by atoms with Crippen LogP contribution < -0.4 is 5.32 Å². The molecular formula is C17H18N2O2S. The molecule has 2 aromatic heterocycles. The van der Waals surface area contributed by atoms with Gasteiger partial charge in [-0.1, -0.05) is 12.1 Å². The number of aryl methyl sites for hydroxylation is 1. The molecule has 3 aromatic rings. The quantitative estimate of drug-likeness (QED) is 0.770. The van der Waals surface area contributed by atoms with E-state index in [4.69, 9.17) is 4.74 Å². The molecule has 3 rings (SSSR count). The van der Waals surface area contributed by atoms with E-state index in [1.165, 1.54) is 0 Å². The van der Waals surface area contributed by atoms with Crippen molar-refractivity contribution in [1.82, 2.24) is 4.57 Å². The third-order valence-electron chi connectivity index (χ3n) is 3.57. The van der Waals surface area contributed by atoms with Crippen LogP contribution in [-0.4, -0.2) is 17.6 Å². The zero-order valence-electron chi connectivity index (χ0n) is 12.6. The SMILES string of the molecule is CCn1c(C(=O)Nc2cccc(COC)c2)cc2sccc21. The molecule has 0 unspecified atom stereocenters. The molecule has 0 saturated carbocycles. The highest BCUT2D eigenvalue weighted by Crippen LogP contribution is 2.26. The number of carbonyl (C=O) groups excluding carboxylic acids is 1. The molecule has 0 spiro atoms. The van der Waals surface area contributed by atoms with E-state index >= 15 is 0 Å². The normalized spacial score (nSPS) is 11.0. The Morgan fingerprint density at radius 1 is 1.32 bits per heavy atom. The maximum Gasteiger partial charge on any atom is 0.272 e. The summed E-state index contributed by atoms with van der Waals surface area (Å²) in [6.45, 7) is 3.35. The highest BCUT2D eigenvalue weighted by atomic mass is 32.1. The van der Waals surface area contributed by atoms with Crippen molar-refractivity contribution in [1.29, 1.82) is 0 Å². The Kier molecular flexibility index (Phi) is 4.27. The number of anilines is 1. The van der Waals surface area contributed by atoms with E-state index in [0.717, 1.165) is 28.0 Å². The van der Waals surface area contributed by atoms with Gasteiger partial charge in [0.1, 0.15) is 5.69 Å². The fourth-order valence-electron chi connectivity index (χ4n) is 2.61. The summed E-state index contributed by atoms with van der Waals surface area (Å²) in [5, 5.41) is 5.02. The summed E-state index contributed by atoms with van der Waals surface area (Å²) in [6, 6.07) is 11.7. The Morgan fingerprint density at radius 2 is 2.18 bits per heavy atom. The number of nitrogens with zero attached hydrogens (tertiary/aromatic N) is 1. The summed E-state index contributed by atoms with van der Waals surface area (Å²) < 4.78 is 8.30. The minimum Gasteiger partial charge on any atom is -0.380 e. The Hall–Kier alpha value is -2.11. The molecule has 0 aliphatic rings. The van der Waals surface area contributed by atoms with Gasteiger partial charge in [0.05, 0.1) is 16.8 Å². The number of carbonyl (C=O) groups is 1. The highest BCUT2D eigenvalue weighted by molar-refractivity contribution is 7.17. The Labute approximate surface area is 133 Å². The van der Waals surface area contributed by atoms with Crippen LogP contribution in [-0.2, 0) is 17.9 Å². The summed E-state index contributed by atoms with van der Waals surface area (Å²) in [7, 11) is 1.66. The summed E-state index contributed by atoms with van der Waals surface area (Å²) in [5.41, 5.74) is 3.63. The number of hydrogen-bond donors (Lipinski definition) is 1. The molecule has 4 nitrogen and oxygen atoms in total. The van der Waals surface area contributed by atoms with Crippen LogP contribution >= 0.6 is 11.3 Å². The second kappa shape index (κ2) is 6.34. The van der Waals surface area contributed by atoms with E-state index in [2.05, 4.69) is 11.4 Å². The van der Waals surface area contributed by atoms with E-state index in [1.54, 1.807) is 18.4 Å².